The molecular formula is C20H24F3N9O. The molecule has 2 saturated heterocycles. The zero-order valence-electron chi connectivity index (χ0n) is 17.9. The molecule has 0 saturated carbocycles. The first-order valence-corrected chi connectivity index (χ1v) is 10.8. The highest BCUT2D eigenvalue weighted by Gasteiger charge is 2.33. The Morgan fingerprint density at radius 3 is 2.36 bits per heavy atom. The second-order valence-electron chi connectivity index (χ2n) is 8.25. The number of imidazole rings is 1. The number of piperidine rings is 1. The molecule has 0 aliphatic carbocycles. The number of aromatic nitrogens is 6. The number of morpholine rings is 1. The lowest BCUT2D eigenvalue weighted by Crippen LogP contribution is -2.40. The number of likely N-dealkylation sites (tertiary alicyclic amines) is 1. The van der Waals surface area contributed by atoms with E-state index in [4.69, 9.17) is 20.4 Å². The van der Waals surface area contributed by atoms with Gasteiger partial charge in [-0.25, -0.2) is 19.9 Å². The summed E-state index contributed by atoms with van der Waals surface area (Å²) in [5.41, 5.74) is 8.14. The Kier molecular flexibility index (Phi) is 5.74. The second kappa shape index (κ2) is 8.71. The maximum Gasteiger partial charge on any atom is 0.401 e. The summed E-state index contributed by atoms with van der Waals surface area (Å²) in [5.74, 6) is 0.711. The van der Waals surface area contributed by atoms with Gasteiger partial charge in [0, 0.05) is 50.2 Å². The van der Waals surface area contributed by atoms with E-state index >= 15 is 0 Å². The Labute approximate surface area is 187 Å². The molecule has 5 heterocycles. The van der Waals surface area contributed by atoms with E-state index in [1.54, 1.807) is 18.7 Å². The first-order chi connectivity index (χ1) is 15.9. The number of nitrogens with two attached hydrogens (primary N) is 1. The van der Waals surface area contributed by atoms with Gasteiger partial charge in [0.15, 0.2) is 5.65 Å². The number of halogens is 3. The van der Waals surface area contributed by atoms with Crippen LogP contribution in [0.2, 0.25) is 0 Å². The monoisotopic (exact) mass is 463 g/mol. The fourth-order valence-corrected chi connectivity index (χ4v) is 4.35. The van der Waals surface area contributed by atoms with Crippen molar-refractivity contribution in [1.29, 1.82) is 0 Å². The number of ether oxygens (including phenoxy) is 1. The lowest BCUT2D eigenvalue weighted by Gasteiger charge is -2.33. The van der Waals surface area contributed by atoms with Gasteiger partial charge in [-0.3, -0.25) is 4.90 Å². The molecule has 0 unspecified atom stereocenters. The number of hydrogen-bond donors (Lipinski definition) is 1. The first-order valence-electron chi connectivity index (χ1n) is 10.8. The Morgan fingerprint density at radius 1 is 1.00 bits per heavy atom. The quantitative estimate of drug-likeness (QED) is 0.620. The van der Waals surface area contributed by atoms with Gasteiger partial charge < -0.3 is 19.9 Å². The van der Waals surface area contributed by atoms with Gasteiger partial charge in [0.05, 0.1) is 26.1 Å². The Bertz CT molecular complexity index is 1100. The van der Waals surface area contributed by atoms with E-state index in [1.165, 1.54) is 4.90 Å². The maximum atomic E-state index is 12.8. The van der Waals surface area contributed by atoms with Crippen molar-refractivity contribution < 1.29 is 17.9 Å². The van der Waals surface area contributed by atoms with Crippen LogP contribution in [0, 0.1) is 0 Å². The van der Waals surface area contributed by atoms with E-state index in [0.717, 1.165) is 0 Å². The summed E-state index contributed by atoms with van der Waals surface area (Å²) < 4.78 is 45.7. The summed E-state index contributed by atoms with van der Waals surface area (Å²) in [4.78, 5) is 25.8. The van der Waals surface area contributed by atoms with Crippen LogP contribution in [0.25, 0.3) is 22.4 Å². The van der Waals surface area contributed by atoms with Crippen LogP contribution in [0.3, 0.4) is 0 Å². The summed E-state index contributed by atoms with van der Waals surface area (Å²) in [6, 6.07) is 0.00226. The molecule has 176 valence electrons. The van der Waals surface area contributed by atoms with Crippen LogP contribution in [-0.4, -0.2) is 86.5 Å². The van der Waals surface area contributed by atoms with E-state index in [2.05, 4.69) is 15.0 Å². The number of nitrogen functional groups attached to an aromatic ring is 1. The highest BCUT2D eigenvalue weighted by atomic mass is 19.4. The largest absolute Gasteiger partial charge is 0.401 e. The van der Waals surface area contributed by atoms with Crippen molar-refractivity contribution in [3.8, 4) is 11.3 Å². The molecule has 2 fully saturated rings. The standard InChI is InChI=1S/C20H24F3N9O/c21-20(22,23)11-30-3-1-14(2-4-30)32-12-27-16-15(13-9-25-18(24)26-10-13)28-19(29-17(16)32)31-5-7-33-8-6-31/h9-10,12,14H,1-8,11H2,(H2,24,25,26). The van der Waals surface area contributed by atoms with Crippen LogP contribution >= 0.6 is 0 Å². The third-order valence-corrected chi connectivity index (χ3v) is 6.00. The van der Waals surface area contributed by atoms with Crippen LogP contribution in [0.5, 0.6) is 0 Å². The van der Waals surface area contributed by atoms with E-state index in [0.29, 0.717) is 80.6 Å². The minimum Gasteiger partial charge on any atom is -0.378 e. The van der Waals surface area contributed by atoms with Gasteiger partial charge in [0.1, 0.15) is 11.2 Å². The fraction of sp³-hybridized carbons (Fsp3) is 0.550. The zero-order chi connectivity index (χ0) is 23.0. The highest BCUT2D eigenvalue weighted by molar-refractivity contribution is 5.88. The normalized spacial score (nSPS) is 18.8. The predicted octanol–water partition coefficient (Wildman–Crippen LogP) is 1.90. The lowest BCUT2D eigenvalue weighted by atomic mass is 10.0. The topological polar surface area (TPSA) is 111 Å². The molecule has 10 nitrogen and oxygen atoms in total. The highest BCUT2D eigenvalue weighted by Crippen LogP contribution is 2.32. The summed E-state index contributed by atoms with van der Waals surface area (Å²) in [6.45, 7) is 2.33. The molecule has 2 N–H and O–H groups in total. The molecule has 33 heavy (non-hydrogen) atoms. The lowest BCUT2D eigenvalue weighted by molar-refractivity contribution is -0.148. The van der Waals surface area contributed by atoms with Crippen LogP contribution in [0.4, 0.5) is 25.1 Å². The Morgan fingerprint density at radius 2 is 1.70 bits per heavy atom. The molecule has 2 aliphatic heterocycles. The molecule has 0 amide bonds. The average Bonchev–Trinajstić information content (AvgIpc) is 3.23. The van der Waals surface area contributed by atoms with Crippen molar-refractivity contribution in [2.75, 3.05) is 56.6 Å². The van der Waals surface area contributed by atoms with Gasteiger partial charge >= 0.3 is 6.18 Å². The number of nitrogens with zero attached hydrogens (tertiary/aromatic N) is 8. The molecule has 0 radical (unpaired) electrons. The average molecular weight is 463 g/mol. The van der Waals surface area contributed by atoms with Gasteiger partial charge in [0.25, 0.3) is 0 Å². The molecule has 0 spiro atoms. The zero-order valence-corrected chi connectivity index (χ0v) is 17.9. The van der Waals surface area contributed by atoms with Crippen LogP contribution in [-0.2, 0) is 4.74 Å². The van der Waals surface area contributed by atoms with Gasteiger partial charge in [0.2, 0.25) is 11.9 Å². The van der Waals surface area contributed by atoms with Gasteiger partial charge in [-0.1, -0.05) is 0 Å². The molecule has 2 aliphatic rings. The van der Waals surface area contributed by atoms with Crippen LogP contribution in [0.15, 0.2) is 18.7 Å². The number of rotatable bonds is 4. The van der Waals surface area contributed by atoms with E-state index < -0.39 is 12.7 Å². The molecule has 0 atom stereocenters. The van der Waals surface area contributed by atoms with Crippen molar-refractivity contribution in [1.82, 2.24) is 34.4 Å². The van der Waals surface area contributed by atoms with Crippen LogP contribution in [0.1, 0.15) is 18.9 Å². The molecule has 3 aromatic heterocycles. The predicted molar refractivity (Wildman–Crippen MR) is 115 cm³/mol. The summed E-state index contributed by atoms with van der Waals surface area (Å²) in [6.07, 6.45) is 1.88. The van der Waals surface area contributed by atoms with Crippen molar-refractivity contribution >= 4 is 23.1 Å². The van der Waals surface area contributed by atoms with E-state index in [9.17, 15) is 13.2 Å². The van der Waals surface area contributed by atoms with E-state index in [1.807, 2.05) is 9.47 Å². The second-order valence-corrected chi connectivity index (χ2v) is 8.25. The first kappa shape index (κ1) is 21.8. The van der Waals surface area contributed by atoms with Crippen LogP contribution < -0.4 is 10.6 Å². The molecular weight excluding hydrogens is 439 g/mol. The van der Waals surface area contributed by atoms with Crippen molar-refractivity contribution in [2.45, 2.75) is 25.1 Å². The third-order valence-electron chi connectivity index (χ3n) is 6.00. The van der Waals surface area contributed by atoms with Gasteiger partial charge in [-0.15, -0.1) is 0 Å². The van der Waals surface area contributed by atoms with E-state index in [-0.39, 0.29) is 12.0 Å². The maximum absolute atomic E-state index is 12.8. The number of anilines is 2. The van der Waals surface area contributed by atoms with Crippen molar-refractivity contribution in [3.63, 3.8) is 0 Å². The number of alkyl halides is 3. The Balaban J connectivity index is 1.50. The number of fused-ring (bicyclic) bond motifs is 1. The third kappa shape index (κ3) is 4.69. The van der Waals surface area contributed by atoms with Gasteiger partial charge in [-0.05, 0) is 12.8 Å². The minimum absolute atomic E-state index is 0.00226. The van der Waals surface area contributed by atoms with Gasteiger partial charge in [-0.2, -0.15) is 18.2 Å². The smallest absolute Gasteiger partial charge is 0.378 e. The number of hydrogen-bond acceptors (Lipinski definition) is 9. The molecule has 13 heteroatoms. The summed E-state index contributed by atoms with van der Waals surface area (Å²) in [5, 5.41) is 0. The summed E-state index contributed by atoms with van der Waals surface area (Å²) >= 11 is 0. The summed E-state index contributed by atoms with van der Waals surface area (Å²) in [7, 11) is 0. The fourth-order valence-electron chi connectivity index (χ4n) is 4.35. The van der Waals surface area contributed by atoms with Crippen molar-refractivity contribution in [3.05, 3.63) is 18.7 Å². The SMILES string of the molecule is Nc1ncc(-c2nc(N3CCOCC3)nc3c2ncn3C2CCN(CC(F)(F)F)CC2)cn1. The molecule has 0 aromatic carbocycles. The molecule has 3 aromatic rings. The molecule has 0 bridgehead atoms. The van der Waals surface area contributed by atoms with Crippen molar-refractivity contribution in [2.24, 2.45) is 0 Å². The Hall–Kier alpha value is -3.06. The minimum atomic E-state index is -4.19. The molecule has 5 rings (SSSR count).